The molecule has 2 fully saturated rings. The molecule has 0 bridgehead atoms. The van der Waals surface area contributed by atoms with Crippen LogP contribution in [0.25, 0.3) is 5.57 Å². The molecule has 1 heterocycles. The Labute approximate surface area is 160 Å². The summed E-state index contributed by atoms with van der Waals surface area (Å²) >= 11 is 0. The molecule has 6 atom stereocenters. The zero-order valence-corrected chi connectivity index (χ0v) is 15.9. The topological polar surface area (TPSA) is 33.1 Å². The second-order valence-corrected chi connectivity index (χ2v) is 9.33. The van der Waals surface area contributed by atoms with Crippen LogP contribution < -0.4 is 0 Å². The Balaban J connectivity index is 1.56. The van der Waals surface area contributed by atoms with Crippen LogP contribution in [-0.2, 0) is 0 Å². The molecule has 1 aromatic rings. The first kappa shape index (κ1) is 14.6. The van der Waals surface area contributed by atoms with E-state index in [2.05, 4.69) is 37.0 Å². The lowest BCUT2D eigenvalue weighted by atomic mass is 9.47. The minimum Gasteiger partial charge on any atom is -0.393 e. The van der Waals surface area contributed by atoms with Crippen LogP contribution in [0.1, 0.15) is 67.1 Å². The molecule has 0 aromatic carbocycles. The lowest BCUT2D eigenvalue weighted by Crippen LogP contribution is -2.49. The molecule has 1 aromatic heterocycles. The monoisotopic (exact) mass is 351 g/mol. The molecule has 4 aliphatic carbocycles. The summed E-state index contributed by atoms with van der Waals surface area (Å²) in [6.07, 6.45) is 12.2. The molecule has 2 saturated carbocycles. The van der Waals surface area contributed by atoms with E-state index in [1.807, 2.05) is 12.3 Å². The van der Waals surface area contributed by atoms with Gasteiger partial charge in [0.05, 0.1) is 6.10 Å². The normalized spacial score (nSPS) is 47.5. The fourth-order valence-electron chi connectivity index (χ4n) is 6.68. The van der Waals surface area contributed by atoms with E-state index in [4.69, 9.17) is 0 Å². The maximum absolute atomic E-state index is 10.2. The maximum atomic E-state index is 10.2. The van der Waals surface area contributed by atoms with Crippen LogP contribution in [0, 0.1) is 28.6 Å². The van der Waals surface area contributed by atoms with Crippen molar-refractivity contribution in [2.45, 2.75) is 64.8 Å². The summed E-state index contributed by atoms with van der Waals surface area (Å²) in [6.45, 7) is 4.52. The van der Waals surface area contributed by atoms with E-state index < -0.39 is 11.8 Å². The van der Waals surface area contributed by atoms with Crippen LogP contribution in [0.15, 0.2) is 42.3 Å². The summed E-state index contributed by atoms with van der Waals surface area (Å²) in [6, 6.07) is 4.04. The molecule has 3 unspecified atom stereocenters. The molecule has 138 valence electrons. The average molecular weight is 352 g/mol. The summed E-state index contributed by atoms with van der Waals surface area (Å²) in [4.78, 5) is 4.30. The summed E-state index contributed by atoms with van der Waals surface area (Å²) < 4.78 is 18.4. The fourth-order valence-corrected chi connectivity index (χ4v) is 6.68. The molecular weight excluding hydrogens is 318 g/mol. The number of aliphatic hydroxyl groups is 1. The van der Waals surface area contributed by atoms with Crippen molar-refractivity contribution in [1.29, 1.82) is 0 Å². The third kappa shape index (κ3) is 2.24. The third-order valence-corrected chi connectivity index (χ3v) is 8.21. The highest BCUT2D eigenvalue weighted by Gasteiger charge is 2.56. The Morgan fingerprint density at radius 1 is 1.15 bits per heavy atom. The molecule has 2 nitrogen and oxygen atoms in total. The fraction of sp³-hybridized carbons (Fsp3) is 0.625. The van der Waals surface area contributed by atoms with Crippen LogP contribution in [0.4, 0.5) is 0 Å². The lowest BCUT2D eigenvalue weighted by Gasteiger charge is -2.57. The van der Waals surface area contributed by atoms with E-state index in [0.29, 0.717) is 24.2 Å². The number of fused-ring (bicyclic) bond motifs is 5. The smallest absolute Gasteiger partial charge is 0.0577 e. The molecule has 0 saturated heterocycles. The summed E-state index contributed by atoms with van der Waals surface area (Å²) in [7, 11) is 0. The molecule has 0 amide bonds. The van der Waals surface area contributed by atoms with Crippen molar-refractivity contribution in [2.75, 3.05) is 0 Å². The second kappa shape index (κ2) is 5.79. The SMILES string of the molecule is [2H]C1([2H])CC2C(CC=C3C[C@@H](O)CC[C@@]32C)C2CC=C(c3cccnc3)[C@]21C. The first-order valence-corrected chi connectivity index (χ1v) is 10.3. The highest BCUT2D eigenvalue weighted by atomic mass is 16.3. The lowest BCUT2D eigenvalue weighted by molar-refractivity contribution is -0.0238. The number of pyridine rings is 1. The molecule has 2 heteroatoms. The van der Waals surface area contributed by atoms with Gasteiger partial charge in [0.15, 0.2) is 0 Å². The highest BCUT2D eigenvalue weighted by molar-refractivity contribution is 5.72. The van der Waals surface area contributed by atoms with Gasteiger partial charge in [-0.05, 0) is 90.7 Å². The Hall–Kier alpha value is -1.41. The molecule has 1 N–H and O–H groups in total. The zero-order chi connectivity index (χ0) is 19.7. The van der Waals surface area contributed by atoms with Crippen LogP contribution in [0.3, 0.4) is 0 Å². The second-order valence-electron chi connectivity index (χ2n) is 9.33. The zero-order valence-electron chi connectivity index (χ0n) is 17.9. The maximum Gasteiger partial charge on any atom is 0.0577 e. The summed E-state index contributed by atoms with van der Waals surface area (Å²) in [5.41, 5.74) is 3.22. The van der Waals surface area contributed by atoms with E-state index >= 15 is 0 Å². The Morgan fingerprint density at radius 3 is 2.85 bits per heavy atom. The average Bonchev–Trinajstić information content (AvgIpc) is 3.03. The Kier molecular flexibility index (Phi) is 3.26. The van der Waals surface area contributed by atoms with Crippen LogP contribution in [0.2, 0.25) is 0 Å². The first-order valence-electron chi connectivity index (χ1n) is 11.3. The van der Waals surface area contributed by atoms with Crippen molar-refractivity contribution >= 4 is 5.57 Å². The number of aromatic nitrogens is 1. The van der Waals surface area contributed by atoms with Gasteiger partial charge in [0.25, 0.3) is 0 Å². The molecule has 5 rings (SSSR count). The number of hydrogen-bond acceptors (Lipinski definition) is 2. The van der Waals surface area contributed by atoms with E-state index in [9.17, 15) is 7.85 Å². The Morgan fingerprint density at radius 2 is 2.04 bits per heavy atom. The summed E-state index contributed by atoms with van der Waals surface area (Å²) in [5.74, 6) is 1.22. The van der Waals surface area contributed by atoms with Gasteiger partial charge >= 0.3 is 0 Å². The predicted molar refractivity (Wildman–Crippen MR) is 105 cm³/mol. The number of nitrogens with zero attached hydrogens (tertiary/aromatic N) is 1. The molecule has 4 aliphatic rings. The number of rotatable bonds is 1. The van der Waals surface area contributed by atoms with Crippen molar-refractivity contribution in [3.63, 3.8) is 0 Å². The van der Waals surface area contributed by atoms with Gasteiger partial charge in [-0.15, -0.1) is 0 Å². The number of allylic oxidation sites excluding steroid dienone is 3. The largest absolute Gasteiger partial charge is 0.393 e. The van der Waals surface area contributed by atoms with E-state index in [-0.39, 0.29) is 11.5 Å². The van der Waals surface area contributed by atoms with Crippen LogP contribution >= 0.6 is 0 Å². The van der Waals surface area contributed by atoms with E-state index in [0.717, 1.165) is 43.2 Å². The molecule has 0 radical (unpaired) electrons. The van der Waals surface area contributed by atoms with Crippen molar-refractivity contribution < 1.29 is 7.85 Å². The van der Waals surface area contributed by atoms with E-state index in [1.165, 1.54) is 5.57 Å². The van der Waals surface area contributed by atoms with Gasteiger partial charge < -0.3 is 5.11 Å². The van der Waals surface area contributed by atoms with Gasteiger partial charge in [0.2, 0.25) is 0 Å². The standard InChI is InChI=1S/C24H31NO/c1-23-11-9-18(26)14-17(23)5-6-19-21-8-7-20(16-4-3-13-25-15-16)24(21,2)12-10-22(19)23/h3-5,7,13,15,18-19,21-22,26H,6,8-12,14H2,1-2H3/t18-,19?,21?,22?,23-,24+/m0/s1/i12D2. The van der Waals surface area contributed by atoms with E-state index in [1.54, 1.807) is 6.20 Å². The molecule has 26 heavy (non-hydrogen) atoms. The van der Waals surface area contributed by atoms with Gasteiger partial charge in [-0.1, -0.05) is 37.6 Å². The quantitative estimate of drug-likeness (QED) is 0.687. The van der Waals surface area contributed by atoms with Gasteiger partial charge in [-0.25, -0.2) is 0 Å². The van der Waals surface area contributed by atoms with Crippen molar-refractivity contribution in [2.24, 2.45) is 28.6 Å². The van der Waals surface area contributed by atoms with Gasteiger partial charge in [-0.3, -0.25) is 4.98 Å². The van der Waals surface area contributed by atoms with Crippen molar-refractivity contribution in [3.05, 3.63) is 47.8 Å². The van der Waals surface area contributed by atoms with Gasteiger partial charge in [-0.2, -0.15) is 0 Å². The number of aliphatic hydroxyl groups excluding tert-OH is 1. The van der Waals surface area contributed by atoms with Crippen molar-refractivity contribution in [3.8, 4) is 0 Å². The highest BCUT2D eigenvalue weighted by Crippen LogP contribution is 2.66. The molecule has 0 aliphatic heterocycles. The van der Waals surface area contributed by atoms with Gasteiger partial charge in [0.1, 0.15) is 0 Å². The first-order chi connectivity index (χ1) is 13.3. The number of hydrogen-bond donors (Lipinski definition) is 1. The Bertz CT molecular complexity index is 847. The van der Waals surface area contributed by atoms with Crippen LogP contribution in [-0.4, -0.2) is 16.2 Å². The predicted octanol–water partition coefficient (Wildman–Crippen LogP) is 5.40. The van der Waals surface area contributed by atoms with Crippen LogP contribution in [0.5, 0.6) is 0 Å². The molecular formula is C24H31NO. The minimum absolute atomic E-state index is 0.0495. The minimum atomic E-state index is -1.25. The van der Waals surface area contributed by atoms with Crippen molar-refractivity contribution in [1.82, 2.24) is 4.98 Å². The third-order valence-electron chi connectivity index (χ3n) is 8.21. The van der Waals surface area contributed by atoms with Gasteiger partial charge in [0, 0.05) is 15.1 Å². The summed E-state index contributed by atoms with van der Waals surface area (Å²) in [5, 5.41) is 10.2. The molecule has 0 spiro atoms.